The van der Waals surface area contributed by atoms with Crippen molar-refractivity contribution in [3.05, 3.63) is 63.9 Å². The third-order valence-corrected chi connectivity index (χ3v) is 6.24. The predicted octanol–water partition coefficient (Wildman–Crippen LogP) is 2.03. The first-order valence-electron chi connectivity index (χ1n) is 8.00. The number of aromatic amines is 1. The van der Waals surface area contributed by atoms with Crippen molar-refractivity contribution >= 4 is 26.7 Å². The molecule has 3 aromatic rings. The highest BCUT2D eigenvalue weighted by Gasteiger charge is 2.26. The molecule has 0 atom stereocenters. The number of rotatable bonds is 1. The summed E-state index contributed by atoms with van der Waals surface area (Å²) in [6.07, 6.45) is 0. The van der Waals surface area contributed by atoms with Crippen LogP contribution in [0.2, 0.25) is 0 Å². The van der Waals surface area contributed by atoms with E-state index in [0.29, 0.717) is 33.9 Å². The summed E-state index contributed by atoms with van der Waals surface area (Å²) in [4.78, 5) is 21.9. The Hall–Kier alpha value is -2.67. The SMILES string of the molecule is Cc1ccc2nc(N3CCS(=O)(=O)c4ccccc4C3)[nH]c(=O)c2c1. The molecule has 1 N–H and O–H groups in total. The van der Waals surface area contributed by atoms with Gasteiger partial charge in [-0.05, 0) is 30.7 Å². The normalized spacial score (nSPS) is 16.4. The molecule has 2 heterocycles. The van der Waals surface area contributed by atoms with Crippen LogP contribution in [0, 0.1) is 6.92 Å². The van der Waals surface area contributed by atoms with E-state index in [1.807, 2.05) is 30.0 Å². The fraction of sp³-hybridized carbons (Fsp3) is 0.222. The minimum atomic E-state index is -3.34. The van der Waals surface area contributed by atoms with Gasteiger partial charge in [0.15, 0.2) is 9.84 Å². The van der Waals surface area contributed by atoms with Crippen LogP contribution in [-0.4, -0.2) is 30.7 Å². The van der Waals surface area contributed by atoms with Gasteiger partial charge in [0.1, 0.15) is 0 Å². The van der Waals surface area contributed by atoms with Gasteiger partial charge in [0.25, 0.3) is 5.56 Å². The van der Waals surface area contributed by atoms with Gasteiger partial charge in [0, 0.05) is 13.1 Å². The fourth-order valence-corrected chi connectivity index (χ4v) is 4.63. The fourth-order valence-electron chi connectivity index (χ4n) is 3.13. The molecule has 7 heteroatoms. The van der Waals surface area contributed by atoms with Crippen LogP contribution in [0.3, 0.4) is 0 Å². The van der Waals surface area contributed by atoms with Gasteiger partial charge in [0.05, 0.1) is 21.6 Å². The van der Waals surface area contributed by atoms with Crippen LogP contribution in [0.15, 0.2) is 52.2 Å². The Kier molecular flexibility index (Phi) is 3.61. The number of hydrogen-bond donors (Lipinski definition) is 1. The van der Waals surface area contributed by atoms with Crippen molar-refractivity contribution in [2.24, 2.45) is 0 Å². The van der Waals surface area contributed by atoms with E-state index in [2.05, 4.69) is 9.97 Å². The van der Waals surface area contributed by atoms with E-state index in [1.54, 1.807) is 24.3 Å². The molecule has 6 nitrogen and oxygen atoms in total. The van der Waals surface area contributed by atoms with Crippen LogP contribution in [0.4, 0.5) is 5.95 Å². The van der Waals surface area contributed by atoms with E-state index < -0.39 is 9.84 Å². The predicted molar refractivity (Wildman–Crippen MR) is 96.6 cm³/mol. The Morgan fingerprint density at radius 3 is 2.80 bits per heavy atom. The molecule has 1 aliphatic rings. The summed E-state index contributed by atoms with van der Waals surface area (Å²) in [5.74, 6) is 0.382. The molecule has 0 unspecified atom stereocenters. The zero-order valence-electron chi connectivity index (χ0n) is 13.7. The lowest BCUT2D eigenvalue weighted by Gasteiger charge is -2.21. The van der Waals surface area contributed by atoms with Crippen molar-refractivity contribution in [2.45, 2.75) is 18.4 Å². The second-order valence-electron chi connectivity index (χ2n) is 6.26. The summed E-state index contributed by atoms with van der Waals surface area (Å²) < 4.78 is 24.9. The summed E-state index contributed by atoms with van der Waals surface area (Å²) in [5.41, 5.74) is 2.09. The third-order valence-electron chi connectivity index (χ3n) is 4.45. The Labute approximate surface area is 145 Å². The first-order chi connectivity index (χ1) is 11.9. The minimum absolute atomic E-state index is 0.0142. The number of sulfone groups is 1. The van der Waals surface area contributed by atoms with Crippen molar-refractivity contribution in [1.29, 1.82) is 0 Å². The van der Waals surface area contributed by atoms with Crippen molar-refractivity contribution < 1.29 is 8.42 Å². The first-order valence-corrected chi connectivity index (χ1v) is 9.65. The van der Waals surface area contributed by atoms with Gasteiger partial charge in [-0.3, -0.25) is 9.78 Å². The highest BCUT2D eigenvalue weighted by Crippen LogP contribution is 2.24. The van der Waals surface area contributed by atoms with Gasteiger partial charge in [0.2, 0.25) is 5.95 Å². The number of anilines is 1. The number of H-pyrrole nitrogens is 1. The van der Waals surface area contributed by atoms with Crippen LogP contribution in [0.5, 0.6) is 0 Å². The average Bonchev–Trinajstić information content (AvgIpc) is 2.72. The molecule has 0 saturated carbocycles. The molecule has 4 rings (SSSR count). The van der Waals surface area contributed by atoms with Crippen LogP contribution >= 0.6 is 0 Å². The molecule has 0 fully saturated rings. The lowest BCUT2D eigenvalue weighted by Crippen LogP contribution is -2.29. The molecule has 0 spiro atoms. The van der Waals surface area contributed by atoms with Crippen molar-refractivity contribution in [2.75, 3.05) is 17.2 Å². The van der Waals surface area contributed by atoms with Gasteiger partial charge in [-0.25, -0.2) is 13.4 Å². The van der Waals surface area contributed by atoms with Gasteiger partial charge < -0.3 is 4.90 Å². The third kappa shape index (κ3) is 2.80. The van der Waals surface area contributed by atoms with E-state index in [4.69, 9.17) is 0 Å². The molecule has 0 bridgehead atoms. The van der Waals surface area contributed by atoms with E-state index in [9.17, 15) is 13.2 Å². The smallest absolute Gasteiger partial charge is 0.260 e. The topological polar surface area (TPSA) is 83.1 Å². The van der Waals surface area contributed by atoms with E-state index in [0.717, 1.165) is 5.56 Å². The molecule has 1 aromatic heterocycles. The number of hydrogen-bond acceptors (Lipinski definition) is 5. The molecule has 25 heavy (non-hydrogen) atoms. The Balaban J connectivity index is 1.82. The maximum atomic E-state index is 12.5. The Bertz CT molecular complexity index is 1140. The van der Waals surface area contributed by atoms with Crippen LogP contribution in [-0.2, 0) is 16.4 Å². The maximum Gasteiger partial charge on any atom is 0.260 e. The van der Waals surface area contributed by atoms with E-state index in [1.165, 1.54) is 0 Å². The number of fused-ring (bicyclic) bond motifs is 2. The molecule has 2 aromatic carbocycles. The number of aryl methyl sites for hydroxylation is 1. The monoisotopic (exact) mass is 355 g/mol. The molecule has 0 aliphatic carbocycles. The molecule has 0 amide bonds. The molecular weight excluding hydrogens is 338 g/mol. The molecule has 0 saturated heterocycles. The van der Waals surface area contributed by atoms with Crippen LogP contribution in [0.1, 0.15) is 11.1 Å². The summed E-state index contributed by atoms with van der Waals surface area (Å²) in [6, 6.07) is 12.5. The lowest BCUT2D eigenvalue weighted by atomic mass is 10.2. The lowest BCUT2D eigenvalue weighted by molar-refractivity contribution is 0.596. The largest absolute Gasteiger partial charge is 0.337 e. The highest BCUT2D eigenvalue weighted by molar-refractivity contribution is 7.91. The van der Waals surface area contributed by atoms with Crippen LogP contribution < -0.4 is 10.5 Å². The Morgan fingerprint density at radius 2 is 1.96 bits per heavy atom. The molecule has 128 valence electrons. The summed E-state index contributed by atoms with van der Waals surface area (Å²) in [7, 11) is -3.34. The quantitative estimate of drug-likeness (QED) is 0.722. The second-order valence-corrected chi connectivity index (χ2v) is 8.34. The highest BCUT2D eigenvalue weighted by atomic mass is 32.2. The summed E-state index contributed by atoms with van der Waals surface area (Å²) in [6.45, 7) is 2.58. The average molecular weight is 355 g/mol. The zero-order valence-corrected chi connectivity index (χ0v) is 14.5. The van der Waals surface area contributed by atoms with Gasteiger partial charge in [-0.15, -0.1) is 0 Å². The van der Waals surface area contributed by atoms with E-state index >= 15 is 0 Å². The number of benzene rings is 2. The first kappa shape index (κ1) is 15.8. The molecule has 1 aliphatic heterocycles. The summed E-state index contributed by atoms with van der Waals surface area (Å²) >= 11 is 0. The summed E-state index contributed by atoms with van der Waals surface area (Å²) in [5, 5.41) is 0.534. The number of nitrogens with zero attached hydrogens (tertiary/aromatic N) is 2. The Morgan fingerprint density at radius 1 is 1.16 bits per heavy atom. The van der Waals surface area contributed by atoms with Crippen molar-refractivity contribution in [3.8, 4) is 0 Å². The standard InChI is InChI=1S/C18H17N3O3S/c1-12-6-7-15-14(10-12)17(22)20-18(19-15)21-8-9-25(23,24)16-5-3-2-4-13(16)11-21/h2-7,10H,8-9,11H2,1H3,(H,19,20,22). The molecule has 0 radical (unpaired) electrons. The second kappa shape index (κ2) is 5.70. The van der Waals surface area contributed by atoms with Crippen molar-refractivity contribution in [3.63, 3.8) is 0 Å². The van der Waals surface area contributed by atoms with E-state index in [-0.39, 0.29) is 17.9 Å². The maximum absolute atomic E-state index is 12.5. The zero-order chi connectivity index (χ0) is 17.6. The van der Waals surface area contributed by atoms with Crippen molar-refractivity contribution in [1.82, 2.24) is 9.97 Å². The van der Waals surface area contributed by atoms with Gasteiger partial charge in [-0.1, -0.05) is 29.8 Å². The number of nitrogens with one attached hydrogen (secondary N) is 1. The minimum Gasteiger partial charge on any atom is -0.337 e. The van der Waals surface area contributed by atoms with Gasteiger partial charge >= 0.3 is 0 Å². The number of aromatic nitrogens is 2. The van der Waals surface area contributed by atoms with Gasteiger partial charge in [-0.2, -0.15) is 0 Å². The van der Waals surface area contributed by atoms with Crippen LogP contribution in [0.25, 0.3) is 10.9 Å². The molecular formula is C18H17N3O3S.